The molecule has 0 amide bonds. The third-order valence-electron chi connectivity index (χ3n) is 4.56. The second kappa shape index (κ2) is 6.30. The van der Waals surface area contributed by atoms with Gasteiger partial charge in [0.1, 0.15) is 0 Å². The molecule has 0 heteroatoms. The van der Waals surface area contributed by atoms with Gasteiger partial charge in [-0.05, 0) is 60.0 Å². The van der Waals surface area contributed by atoms with Gasteiger partial charge in [-0.15, -0.1) is 6.58 Å². The van der Waals surface area contributed by atoms with Crippen LogP contribution in [0.4, 0.5) is 0 Å². The Bertz CT molecular complexity index is 638. The predicted molar refractivity (Wildman–Crippen MR) is 92.2 cm³/mol. The molecule has 1 aromatic carbocycles. The van der Waals surface area contributed by atoms with E-state index in [1.165, 1.54) is 36.0 Å². The molecule has 0 fully saturated rings. The Kier molecular flexibility index (Phi) is 4.24. The Hall–Kier alpha value is -1.82. The molecule has 0 heterocycles. The van der Waals surface area contributed by atoms with Gasteiger partial charge in [0.05, 0.1) is 0 Å². The van der Waals surface area contributed by atoms with Crippen LogP contribution in [0.15, 0.2) is 65.8 Å². The van der Waals surface area contributed by atoms with Gasteiger partial charge in [0.2, 0.25) is 0 Å². The molecule has 21 heavy (non-hydrogen) atoms. The van der Waals surface area contributed by atoms with Crippen LogP contribution in [-0.2, 0) is 6.42 Å². The normalized spacial score (nSPS) is 16.8. The molecule has 0 bridgehead atoms. The molecule has 0 saturated carbocycles. The molecule has 0 radical (unpaired) electrons. The van der Waals surface area contributed by atoms with Crippen LogP contribution in [0.2, 0.25) is 0 Å². The number of benzene rings is 1. The van der Waals surface area contributed by atoms with E-state index in [9.17, 15) is 0 Å². The summed E-state index contributed by atoms with van der Waals surface area (Å²) in [6.07, 6.45) is 13.7. The van der Waals surface area contributed by atoms with Gasteiger partial charge in [-0.1, -0.05) is 61.4 Å². The summed E-state index contributed by atoms with van der Waals surface area (Å²) in [6.45, 7) is 6.22. The zero-order chi connectivity index (χ0) is 14.7. The van der Waals surface area contributed by atoms with Crippen LogP contribution in [0.5, 0.6) is 0 Å². The van der Waals surface area contributed by atoms with Gasteiger partial charge >= 0.3 is 0 Å². The minimum atomic E-state index is 1.01. The fraction of sp³-hybridized carbons (Fsp3) is 0.333. The average Bonchev–Trinajstić information content (AvgIpc) is 3.08. The number of rotatable bonds is 6. The summed E-state index contributed by atoms with van der Waals surface area (Å²) in [7, 11) is 0. The van der Waals surface area contributed by atoms with E-state index < -0.39 is 0 Å². The van der Waals surface area contributed by atoms with E-state index in [0.29, 0.717) is 0 Å². The summed E-state index contributed by atoms with van der Waals surface area (Å²) >= 11 is 0. The van der Waals surface area contributed by atoms with Crippen molar-refractivity contribution in [3.63, 3.8) is 0 Å². The highest BCUT2D eigenvalue weighted by atomic mass is 14.3. The number of allylic oxidation sites excluding steroid dienone is 7. The molecule has 2 aliphatic rings. The average molecular weight is 276 g/mol. The van der Waals surface area contributed by atoms with Crippen LogP contribution < -0.4 is 0 Å². The Morgan fingerprint density at radius 3 is 2.90 bits per heavy atom. The first kappa shape index (κ1) is 14.1. The Morgan fingerprint density at radius 2 is 2.10 bits per heavy atom. The number of hydrogen-bond acceptors (Lipinski definition) is 0. The zero-order valence-corrected chi connectivity index (χ0v) is 13.0. The first-order valence-corrected chi connectivity index (χ1v) is 8.15. The fourth-order valence-electron chi connectivity index (χ4n) is 3.57. The molecule has 0 atom stereocenters. The third kappa shape index (κ3) is 2.68. The minimum absolute atomic E-state index is 1.01. The fourth-order valence-corrected chi connectivity index (χ4v) is 3.57. The molecule has 0 saturated heterocycles. The van der Waals surface area contributed by atoms with Crippen molar-refractivity contribution in [3.8, 4) is 0 Å². The first-order valence-electron chi connectivity index (χ1n) is 8.15. The highest BCUT2D eigenvalue weighted by Gasteiger charge is 2.25. The monoisotopic (exact) mass is 276 g/mol. The molecule has 108 valence electrons. The zero-order valence-electron chi connectivity index (χ0n) is 13.0. The van der Waals surface area contributed by atoms with Crippen molar-refractivity contribution < 1.29 is 0 Å². The molecule has 0 unspecified atom stereocenters. The lowest BCUT2D eigenvalue weighted by atomic mass is 9.91. The van der Waals surface area contributed by atoms with E-state index in [0.717, 1.165) is 19.3 Å². The molecular weight excluding hydrogens is 252 g/mol. The van der Waals surface area contributed by atoms with Gasteiger partial charge in [0, 0.05) is 0 Å². The topological polar surface area (TPSA) is 0 Å². The van der Waals surface area contributed by atoms with Crippen LogP contribution in [0, 0.1) is 0 Å². The molecule has 1 aromatic rings. The van der Waals surface area contributed by atoms with Crippen molar-refractivity contribution in [2.24, 2.45) is 0 Å². The van der Waals surface area contributed by atoms with E-state index >= 15 is 0 Å². The van der Waals surface area contributed by atoms with Gasteiger partial charge in [-0.3, -0.25) is 0 Å². The molecule has 0 nitrogen and oxygen atoms in total. The Labute approximate surface area is 128 Å². The molecular formula is C21H24. The van der Waals surface area contributed by atoms with Crippen LogP contribution in [0.3, 0.4) is 0 Å². The molecule has 0 aromatic heterocycles. The summed E-state index contributed by atoms with van der Waals surface area (Å²) in [5, 5.41) is 0. The number of hydrogen-bond donors (Lipinski definition) is 0. The summed E-state index contributed by atoms with van der Waals surface area (Å²) in [4.78, 5) is 0. The number of fused-ring (bicyclic) bond motifs is 1. The standard InChI is InChI=1S/C21H24/c1-3-5-10-16-12-8-14-19(16)21-18(9-4-2)15-17-11-6-7-13-20(17)21/h4,6-8,11-13H,2-3,5,9-10,14-15H2,1H3. The smallest absolute Gasteiger partial charge is 0.00485 e. The summed E-state index contributed by atoms with van der Waals surface area (Å²) in [5.41, 5.74) is 9.16. The van der Waals surface area contributed by atoms with Crippen molar-refractivity contribution in [2.45, 2.75) is 45.4 Å². The van der Waals surface area contributed by atoms with Gasteiger partial charge in [0.15, 0.2) is 0 Å². The Balaban J connectivity index is 2.04. The molecule has 0 N–H and O–H groups in total. The van der Waals surface area contributed by atoms with Crippen LogP contribution >= 0.6 is 0 Å². The van der Waals surface area contributed by atoms with E-state index in [1.54, 1.807) is 16.7 Å². The van der Waals surface area contributed by atoms with Crippen molar-refractivity contribution >= 4 is 5.57 Å². The first-order chi connectivity index (χ1) is 10.3. The number of unbranched alkanes of at least 4 members (excludes halogenated alkanes) is 1. The van der Waals surface area contributed by atoms with Crippen LogP contribution in [-0.4, -0.2) is 0 Å². The lowest BCUT2D eigenvalue weighted by molar-refractivity contribution is 0.796. The quantitative estimate of drug-likeness (QED) is 0.557. The van der Waals surface area contributed by atoms with Crippen molar-refractivity contribution in [3.05, 3.63) is 76.9 Å². The van der Waals surface area contributed by atoms with Crippen LogP contribution in [0.25, 0.3) is 5.57 Å². The summed E-state index contributed by atoms with van der Waals surface area (Å²) in [5.74, 6) is 0. The largest absolute Gasteiger partial charge is 0.103 e. The van der Waals surface area contributed by atoms with E-state index in [-0.39, 0.29) is 0 Å². The molecule has 0 aliphatic heterocycles. The molecule has 2 aliphatic carbocycles. The van der Waals surface area contributed by atoms with E-state index in [4.69, 9.17) is 0 Å². The predicted octanol–water partition coefficient (Wildman–Crippen LogP) is 6.02. The molecule has 3 rings (SSSR count). The maximum absolute atomic E-state index is 3.95. The molecule has 0 spiro atoms. The van der Waals surface area contributed by atoms with Crippen molar-refractivity contribution in [2.75, 3.05) is 0 Å². The maximum atomic E-state index is 3.95. The van der Waals surface area contributed by atoms with Crippen molar-refractivity contribution in [1.29, 1.82) is 0 Å². The third-order valence-corrected chi connectivity index (χ3v) is 4.56. The maximum Gasteiger partial charge on any atom is -0.00485 e. The Morgan fingerprint density at radius 1 is 1.24 bits per heavy atom. The summed E-state index contributed by atoms with van der Waals surface area (Å²) < 4.78 is 0. The van der Waals surface area contributed by atoms with Gasteiger partial charge < -0.3 is 0 Å². The van der Waals surface area contributed by atoms with E-state index in [1.807, 2.05) is 0 Å². The summed E-state index contributed by atoms with van der Waals surface area (Å²) in [6, 6.07) is 8.90. The van der Waals surface area contributed by atoms with Gasteiger partial charge in [0.25, 0.3) is 0 Å². The lowest BCUT2D eigenvalue weighted by Gasteiger charge is -2.13. The second-order valence-corrected chi connectivity index (χ2v) is 6.02. The lowest BCUT2D eigenvalue weighted by Crippen LogP contribution is -1.92. The van der Waals surface area contributed by atoms with Gasteiger partial charge in [-0.25, -0.2) is 0 Å². The second-order valence-electron chi connectivity index (χ2n) is 6.02. The minimum Gasteiger partial charge on any atom is -0.103 e. The van der Waals surface area contributed by atoms with Crippen LogP contribution in [0.1, 0.15) is 50.2 Å². The van der Waals surface area contributed by atoms with E-state index in [2.05, 4.69) is 56.0 Å². The highest BCUT2D eigenvalue weighted by molar-refractivity contribution is 5.88. The SMILES string of the molecule is C=CCC1=C(C2=C(CCCC)C=CC2)c2ccccc2C1. The van der Waals surface area contributed by atoms with Gasteiger partial charge in [-0.2, -0.15) is 0 Å². The van der Waals surface area contributed by atoms with Crippen molar-refractivity contribution in [1.82, 2.24) is 0 Å². The highest BCUT2D eigenvalue weighted by Crippen LogP contribution is 2.43.